The molecule has 1 rings (SSSR count). The second-order valence-electron chi connectivity index (χ2n) is 4.72. The minimum Gasteiger partial charge on any atom is -0.341 e. The van der Waals surface area contributed by atoms with E-state index in [1.807, 2.05) is 13.8 Å². The molecule has 0 aromatic heterocycles. The number of carbonyl (C=O) groups is 1. The van der Waals surface area contributed by atoms with Crippen molar-refractivity contribution < 1.29 is 13.2 Å². The van der Waals surface area contributed by atoms with Gasteiger partial charge in [-0.05, 0) is 45.0 Å². The molecule has 1 amide bonds. The van der Waals surface area contributed by atoms with Crippen molar-refractivity contribution in [1.29, 1.82) is 0 Å². The van der Waals surface area contributed by atoms with Gasteiger partial charge in [-0.15, -0.1) is 0 Å². The summed E-state index contributed by atoms with van der Waals surface area (Å²) in [7, 11) is -3.58. The van der Waals surface area contributed by atoms with E-state index >= 15 is 0 Å². The SMILES string of the molecule is CCN(CC)C(=O)[C@@H](C)N(c1ccc(Cl)cc1)S(C)(=O)=O. The molecule has 21 heavy (non-hydrogen) atoms. The van der Waals surface area contributed by atoms with Crippen molar-refractivity contribution in [3.63, 3.8) is 0 Å². The van der Waals surface area contributed by atoms with E-state index in [9.17, 15) is 13.2 Å². The van der Waals surface area contributed by atoms with Crippen LogP contribution in [0, 0.1) is 0 Å². The van der Waals surface area contributed by atoms with E-state index in [2.05, 4.69) is 0 Å². The van der Waals surface area contributed by atoms with Crippen molar-refractivity contribution in [1.82, 2.24) is 4.90 Å². The van der Waals surface area contributed by atoms with Crippen LogP contribution in [0.15, 0.2) is 24.3 Å². The molecule has 0 fully saturated rings. The second-order valence-corrected chi connectivity index (χ2v) is 7.02. The predicted molar refractivity (Wildman–Crippen MR) is 86.2 cm³/mol. The standard InChI is InChI=1S/C14H21ClN2O3S/c1-5-16(6-2)14(18)11(3)17(21(4,19)20)13-9-7-12(15)8-10-13/h7-11H,5-6H2,1-4H3/t11-/m1/s1. The van der Waals surface area contributed by atoms with Crippen LogP contribution in [0.3, 0.4) is 0 Å². The first-order chi connectivity index (χ1) is 9.72. The van der Waals surface area contributed by atoms with E-state index in [0.717, 1.165) is 10.6 Å². The summed E-state index contributed by atoms with van der Waals surface area (Å²) in [4.78, 5) is 14.0. The molecule has 118 valence electrons. The van der Waals surface area contributed by atoms with Crippen LogP contribution in [0.2, 0.25) is 5.02 Å². The summed E-state index contributed by atoms with van der Waals surface area (Å²) in [5, 5.41) is 0.509. The number of rotatable bonds is 6. The second kappa shape index (κ2) is 7.13. The molecular formula is C14H21ClN2O3S. The minimum absolute atomic E-state index is 0.222. The van der Waals surface area contributed by atoms with E-state index < -0.39 is 16.1 Å². The molecule has 1 aromatic rings. The smallest absolute Gasteiger partial charge is 0.246 e. The maximum Gasteiger partial charge on any atom is 0.246 e. The molecular weight excluding hydrogens is 312 g/mol. The first-order valence-electron chi connectivity index (χ1n) is 6.76. The van der Waals surface area contributed by atoms with E-state index in [-0.39, 0.29) is 5.91 Å². The summed E-state index contributed by atoms with van der Waals surface area (Å²) >= 11 is 5.82. The molecule has 5 nitrogen and oxygen atoms in total. The lowest BCUT2D eigenvalue weighted by Gasteiger charge is -2.31. The summed E-state index contributed by atoms with van der Waals surface area (Å²) in [5.74, 6) is -0.222. The summed E-state index contributed by atoms with van der Waals surface area (Å²) in [6.07, 6.45) is 1.09. The Labute approximate surface area is 131 Å². The summed E-state index contributed by atoms with van der Waals surface area (Å²) < 4.78 is 25.3. The molecule has 7 heteroatoms. The summed E-state index contributed by atoms with van der Waals surface area (Å²) in [5.41, 5.74) is 0.426. The Hall–Kier alpha value is -1.27. The Kier molecular flexibility index (Phi) is 6.04. The highest BCUT2D eigenvalue weighted by Crippen LogP contribution is 2.23. The number of nitrogens with zero attached hydrogens (tertiary/aromatic N) is 2. The molecule has 0 unspecified atom stereocenters. The van der Waals surface area contributed by atoms with E-state index in [1.54, 1.807) is 36.1 Å². The van der Waals surface area contributed by atoms with Gasteiger partial charge in [-0.25, -0.2) is 8.42 Å². The number of anilines is 1. The fourth-order valence-corrected chi connectivity index (χ4v) is 3.49. The van der Waals surface area contributed by atoms with Gasteiger partial charge < -0.3 is 4.90 Å². The van der Waals surface area contributed by atoms with E-state index in [1.165, 1.54) is 0 Å². The third-order valence-corrected chi connectivity index (χ3v) is 4.72. The lowest BCUT2D eigenvalue weighted by Crippen LogP contribution is -2.49. The van der Waals surface area contributed by atoms with Crippen LogP contribution in [0.5, 0.6) is 0 Å². The van der Waals surface area contributed by atoms with Gasteiger partial charge in [0, 0.05) is 18.1 Å². The van der Waals surface area contributed by atoms with Crippen LogP contribution in [-0.2, 0) is 14.8 Å². The Morgan fingerprint density at radius 3 is 2.05 bits per heavy atom. The van der Waals surface area contributed by atoms with Gasteiger partial charge in [0.25, 0.3) is 0 Å². The van der Waals surface area contributed by atoms with Crippen LogP contribution in [0.25, 0.3) is 0 Å². The highest BCUT2D eigenvalue weighted by atomic mass is 35.5. The minimum atomic E-state index is -3.58. The van der Waals surface area contributed by atoms with Crippen LogP contribution in [0.1, 0.15) is 20.8 Å². The highest BCUT2D eigenvalue weighted by Gasteiger charge is 2.31. The Morgan fingerprint density at radius 2 is 1.67 bits per heavy atom. The zero-order valence-electron chi connectivity index (χ0n) is 12.7. The van der Waals surface area contributed by atoms with Crippen LogP contribution in [-0.4, -0.2) is 44.6 Å². The molecule has 0 aliphatic heterocycles. The third-order valence-electron chi connectivity index (χ3n) is 3.22. The number of amides is 1. The molecule has 0 saturated carbocycles. The Balaban J connectivity index is 3.21. The molecule has 1 atom stereocenters. The third kappa shape index (κ3) is 4.35. The number of benzene rings is 1. The molecule has 0 bridgehead atoms. The number of hydrogen-bond acceptors (Lipinski definition) is 3. The van der Waals surface area contributed by atoms with Crippen molar-refractivity contribution >= 4 is 33.2 Å². The van der Waals surface area contributed by atoms with Gasteiger partial charge in [0.2, 0.25) is 15.9 Å². The van der Waals surface area contributed by atoms with Crippen LogP contribution < -0.4 is 4.31 Å². The van der Waals surface area contributed by atoms with Gasteiger partial charge in [-0.1, -0.05) is 11.6 Å². The molecule has 1 aromatic carbocycles. The quantitative estimate of drug-likeness (QED) is 0.803. The predicted octanol–water partition coefficient (Wildman–Crippen LogP) is 2.36. The maximum absolute atomic E-state index is 12.4. The highest BCUT2D eigenvalue weighted by molar-refractivity contribution is 7.92. The van der Waals surface area contributed by atoms with Crippen molar-refractivity contribution in [2.75, 3.05) is 23.7 Å². The Morgan fingerprint density at radius 1 is 1.19 bits per heavy atom. The van der Waals surface area contributed by atoms with Gasteiger partial charge in [0.15, 0.2) is 0 Å². The fraction of sp³-hybridized carbons (Fsp3) is 0.500. The van der Waals surface area contributed by atoms with Gasteiger partial charge in [0.1, 0.15) is 6.04 Å². The Bertz CT molecular complexity index is 583. The van der Waals surface area contributed by atoms with Crippen LogP contribution in [0.4, 0.5) is 5.69 Å². The maximum atomic E-state index is 12.4. The van der Waals surface area contributed by atoms with Crippen molar-refractivity contribution in [2.45, 2.75) is 26.8 Å². The van der Waals surface area contributed by atoms with E-state index in [0.29, 0.717) is 23.8 Å². The van der Waals surface area contributed by atoms with Gasteiger partial charge in [-0.3, -0.25) is 9.10 Å². The molecule has 0 heterocycles. The fourth-order valence-electron chi connectivity index (χ4n) is 2.19. The first kappa shape index (κ1) is 17.8. The summed E-state index contributed by atoms with van der Waals surface area (Å²) in [6, 6.07) is 5.58. The van der Waals surface area contributed by atoms with Crippen LogP contribution >= 0.6 is 11.6 Å². The monoisotopic (exact) mass is 332 g/mol. The van der Waals surface area contributed by atoms with E-state index in [4.69, 9.17) is 11.6 Å². The number of hydrogen-bond donors (Lipinski definition) is 0. The zero-order chi connectivity index (χ0) is 16.2. The molecule has 0 aliphatic rings. The number of likely N-dealkylation sites (N-methyl/N-ethyl adjacent to an activating group) is 1. The molecule has 0 spiro atoms. The largest absolute Gasteiger partial charge is 0.341 e. The molecule has 0 aliphatic carbocycles. The van der Waals surface area contributed by atoms with Crippen molar-refractivity contribution in [2.24, 2.45) is 0 Å². The molecule has 0 N–H and O–H groups in total. The number of halogens is 1. The average Bonchev–Trinajstić information content (AvgIpc) is 2.41. The first-order valence-corrected chi connectivity index (χ1v) is 8.98. The molecule has 0 radical (unpaired) electrons. The normalized spacial score (nSPS) is 12.8. The number of carbonyl (C=O) groups excluding carboxylic acids is 1. The van der Waals surface area contributed by atoms with Gasteiger partial charge in [-0.2, -0.15) is 0 Å². The molecule has 0 saturated heterocycles. The number of sulfonamides is 1. The topological polar surface area (TPSA) is 57.7 Å². The average molecular weight is 333 g/mol. The van der Waals surface area contributed by atoms with Crippen molar-refractivity contribution in [3.05, 3.63) is 29.3 Å². The van der Waals surface area contributed by atoms with Crippen molar-refractivity contribution in [3.8, 4) is 0 Å². The lowest BCUT2D eigenvalue weighted by atomic mass is 10.2. The summed E-state index contributed by atoms with van der Waals surface area (Å²) in [6.45, 7) is 6.40. The van der Waals surface area contributed by atoms with Gasteiger partial charge in [0.05, 0.1) is 11.9 Å². The lowest BCUT2D eigenvalue weighted by molar-refractivity contribution is -0.131. The zero-order valence-corrected chi connectivity index (χ0v) is 14.3. The van der Waals surface area contributed by atoms with Gasteiger partial charge >= 0.3 is 0 Å².